The molecule has 0 atom stereocenters. The average Bonchev–Trinajstić information content (AvgIpc) is 2.61. The van der Waals surface area contributed by atoms with Crippen molar-refractivity contribution in [3.05, 3.63) is 22.7 Å². The number of halogens is 1. The van der Waals surface area contributed by atoms with Crippen molar-refractivity contribution >= 4 is 20.1 Å². The minimum absolute atomic E-state index is 0.00296. The van der Waals surface area contributed by atoms with Crippen molar-refractivity contribution in [1.29, 1.82) is 0 Å². The molecule has 2 N–H and O–H groups in total. The molecular formula is C16H29FN3O5P. The second-order valence-corrected chi connectivity index (χ2v) is 6.75. The molecule has 1 aromatic rings. The van der Waals surface area contributed by atoms with Crippen molar-refractivity contribution in [1.82, 2.24) is 9.55 Å². The van der Waals surface area contributed by atoms with Gasteiger partial charge in [0.15, 0.2) is 8.38 Å². The van der Waals surface area contributed by atoms with Crippen LogP contribution >= 0.6 is 8.38 Å². The fourth-order valence-electron chi connectivity index (χ4n) is 1.58. The van der Waals surface area contributed by atoms with E-state index in [0.29, 0.717) is 19.8 Å². The number of alkyl halides is 1. The first kappa shape index (κ1) is 24.6. The maximum absolute atomic E-state index is 12.0. The minimum atomic E-state index is -1.00. The van der Waals surface area contributed by atoms with Gasteiger partial charge < -0.3 is 19.5 Å². The van der Waals surface area contributed by atoms with Gasteiger partial charge in [-0.2, -0.15) is 4.98 Å². The number of hydrogen-bond acceptors (Lipinski definition) is 6. The number of amides is 1. The highest BCUT2D eigenvalue weighted by atomic mass is 31.2. The Morgan fingerprint density at radius 1 is 1.38 bits per heavy atom. The number of hydrogen-bond donors (Lipinski definition) is 2. The van der Waals surface area contributed by atoms with E-state index in [1.165, 1.54) is 16.8 Å². The molecule has 150 valence electrons. The molecule has 0 saturated carbocycles. The van der Waals surface area contributed by atoms with Crippen molar-refractivity contribution in [2.45, 2.75) is 40.7 Å². The first-order valence-electron chi connectivity index (χ1n) is 8.48. The van der Waals surface area contributed by atoms with E-state index in [9.17, 15) is 14.0 Å². The quantitative estimate of drug-likeness (QED) is 0.592. The SMILES string of the molecule is CC(C)C(=O)Nc1ccn(CCCF)c(=O)n1.CCOP(CO)OCC. The first-order valence-corrected chi connectivity index (χ1v) is 9.84. The average molecular weight is 393 g/mol. The van der Waals surface area contributed by atoms with Crippen molar-refractivity contribution in [3.8, 4) is 0 Å². The van der Waals surface area contributed by atoms with Crippen molar-refractivity contribution < 1.29 is 23.3 Å². The van der Waals surface area contributed by atoms with Gasteiger partial charge in [0.2, 0.25) is 5.91 Å². The number of rotatable bonds is 10. The van der Waals surface area contributed by atoms with Crippen LogP contribution in [0.2, 0.25) is 0 Å². The van der Waals surface area contributed by atoms with Crippen LogP contribution in [0.25, 0.3) is 0 Å². The summed E-state index contributed by atoms with van der Waals surface area (Å²) in [6.45, 7) is 8.28. The molecule has 0 bridgehead atoms. The Morgan fingerprint density at radius 3 is 2.42 bits per heavy atom. The molecular weight excluding hydrogens is 364 g/mol. The molecule has 0 aliphatic rings. The maximum atomic E-state index is 12.0. The van der Waals surface area contributed by atoms with E-state index < -0.39 is 20.7 Å². The van der Waals surface area contributed by atoms with Gasteiger partial charge in [-0.25, -0.2) is 4.79 Å². The summed E-state index contributed by atoms with van der Waals surface area (Å²) in [5.41, 5.74) is -0.486. The van der Waals surface area contributed by atoms with Crippen LogP contribution in [-0.2, 0) is 20.4 Å². The zero-order valence-corrected chi connectivity index (χ0v) is 16.7. The van der Waals surface area contributed by atoms with Gasteiger partial charge in [-0.15, -0.1) is 0 Å². The summed E-state index contributed by atoms with van der Waals surface area (Å²) < 4.78 is 23.3. The van der Waals surface area contributed by atoms with Gasteiger partial charge in [-0.1, -0.05) is 13.8 Å². The molecule has 0 fully saturated rings. The van der Waals surface area contributed by atoms with Crippen LogP contribution in [0, 0.1) is 5.92 Å². The van der Waals surface area contributed by atoms with Crippen LogP contribution in [0.15, 0.2) is 17.1 Å². The zero-order valence-electron chi connectivity index (χ0n) is 15.8. The van der Waals surface area contributed by atoms with E-state index in [4.69, 9.17) is 14.2 Å². The Labute approximate surface area is 154 Å². The second-order valence-electron chi connectivity index (χ2n) is 5.28. The van der Waals surface area contributed by atoms with Gasteiger partial charge in [-0.05, 0) is 26.3 Å². The second kappa shape index (κ2) is 14.7. The van der Waals surface area contributed by atoms with E-state index >= 15 is 0 Å². The fraction of sp³-hybridized carbons (Fsp3) is 0.688. The van der Waals surface area contributed by atoms with Gasteiger partial charge in [0, 0.05) is 18.7 Å². The first-order chi connectivity index (χ1) is 12.4. The van der Waals surface area contributed by atoms with E-state index in [1.807, 2.05) is 13.8 Å². The summed E-state index contributed by atoms with van der Waals surface area (Å²) in [5, 5.41) is 11.1. The molecule has 0 radical (unpaired) electrons. The lowest BCUT2D eigenvalue weighted by Gasteiger charge is -2.11. The predicted molar refractivity (Wildman–Crippen MR) is 99.8 cm³/mol. The Balaban J connectivity index is 0.000000590. The van der Waals surface area contributed by atoms with Crippen LogP contribution in [0.5, 0.6) is 0 Å². The normalized spacial score (nSPS) is 10.6. The number of aliphatic hydroxyl groups excluding tert-OH is 1. The van der Waals surface area contributed by atoms with Crippen molar-refractivity contribution in [3.63, 3.8) is 0 Å². The van der Waals surface area contributed by atoms with E-state index in [-0.39, 0.29) is 30.4 Å². The van der Waals surface area contributed by atoms with E-state index in [2.05, 4.69) is 10.3 Å². The molecule has 0 saturated heterocycles. The van der Waals surface area contributed by atoms with Crippen LogP contribution in [0.1, 0.15) is 34.1 Å². The molecule has 1 aromatic heterocycles. The third kappa shape index (κ3) is 10.6. The maximum Gasteiger partial charge on any atom is 0.349 e. The highest BCUT2D eigenvalue weighted by molar-refractivity contribution is 7.46. The number of carbonyl (C=O) groups is 1. The van der Waals surface area contributed by atoms with Crippen LogP contribution in [0.3, 0.4) is 0 Å². The monoisotopic (exact) mass is 393 g/mol. The third-order valence-corrected chi connectivity index (χ3v) is 4.17. The number of nitrogens with zero attached hydrogens (tertiary/aromatic N) is 2. The van der Waals surface area contributed by atoms with Gasteiger partial charge in [0.25, 0.3) is 0 Å². The molecule has 1 amide bonds. The molecule has 8 nitrogen and oxygen atoms in total. The summed E-state index contributed by atoms with van der Waals surface area (Å²) in [6, 6.07) is 1.53. The van der Waals surface area contributed by atoms with E-state index in [0.717, 1.165) is 0 Å². The number of aromatic nitrogens is 2. The van der Waals surface area contributed by atoms with E-state index in [1.54, 1.807) is 13.8 Å². The molecule has 0 aromatic carbocycles. The Bertz CT molecular complexity index is 565. The van der Waals surface area contributed by atoms with Gasteiger partial charge in [0.1, 0.15) is 12.2 Å². The molecule has 0 aliphatic heterocycles. The highest BCUT2D eigenvalue weighted by Gasteiger charge is 2.08. The van der Waals surface area contributed by atoms with Crippen molar-refractivity contribution in [2.24, 2.45) is 5.92 Å². The number of aryl methyl sites for hydroxylation is 1. The summed E-state index contributed by atoms with van der Waals surface area (Å²) in [7, 11) is -1.00. The molecule has 1 rings (SSSR count). The summed E-state index contributed by atoms with van der Waals surface area (Å²) in [4.78, 5) is 26.5. The van der Waals surface area contributed by atoms with Crippen molar-refractivity contribution in [2.75, 3.05) is 31.6 Å². The highest BCUT2D eigenvalue weighted by Crippen LogP contribution is 2.35. The number of anilines is 1. The standard InChI is InChI=1S/C11H16FN3O2.C5H13O3P/c1-8(2)10(16)13-9-4-7-15(6-3-5-12)11(17)14-9;1-3-7-9(5-6)8-4-2/h4,7-8H,3,5-6H2,1-2H3,(H,13,14,16,17);6H,3-5H2,1-2H3. The fourth-order valence-corrected chi connectivity index (χ4v) is 2.39. The Morgan fingerprint density at radius 2 is 2.00 bits per heavy atom. The predicted octanol–water partition coefficient (Wildman–Crippen LogP) is 2.52. The number of carbonyl (C=O) groups excluding carboxylic acids is 1. The largest absolute Gasteiger partial charge is 0.387 e. The molecule has 1 heterocycles. The zero-order chi connectivity index (χ0) is 19.9. The lowest BCUT2D eigenvalue weighted by molar-refractivity contribution is -0.118. The third-order valence-electron chi connectivity index (χ3n) is 2.84. The van der Waals surface area contributed by atoms with Gasteiger partial charge in [-0.3, -0.25) is 13.8 Å². The van der Waals surface area contributed by atoms with Gasteiger partial charge >= 0.3 is 5.69 Å². The topological polar surface area (TPSA) is 103 Å². The summed E-state index contributed by atoms with van der Waals surface area (Å²) in [5.74, 6) is -0.144. The Kier molecular flexibility index (Phi) is 13.9. The Hall–Kier alpha value is -1.41. The smallest absolute Gasteiger partial charge is 0.349 e. The molecule has 0 aliphatic carbocycles. The van der Waals surface area contributed by atoms with Crippen LogP contribution < -0.4 is 11.0 Å². The molecule has 10 heteroatoms. The summed E-state index contributed by atoms with van der Waals surface area (Å²) in [6.07, 6.45) is 1.78. The van der Waals surface area contributed by atoms with Gasteiger partial charge in [0.05, 0.1) is 19.9 Å². The lowest BCUT2D eigenvalue weighted by atomic mass is 10.2. The number of nitrogens with one attached hydrogen (secondary N) is 1. The van der Waals surface area contributed by atoms with Crippen LogP contribution in [0.4, 0.5) is 10.2 Å². The lowest BCUT2D eigenvalue weighted by Crippen LogP contribution is -2.26. The molecule has 0 unspecified atom stereocenters. The molecule has 26 heavy (non-hydrogen) atoms. The molecule has 0 spiro atoms. The number of aliphatic hydroxyl groups is 1. The summed E-state index contributed by atoms with van der Waals surface area (Å²) >= 11 is 0. The minimum Gasteiger partial charge on any atom is -0.387 e. The van der Waals surface area contributed by atoms with Crippen LogP contribution in [-0.4, -0.2) is 46.8 Å².